The number of aromatic nitrogens is 3. The number of carboxylic acid groups (broad SMARTS) is 1. The SMILES string of the molecule is CC(I)(Nc1nc(Nc2cc(C3CC3)[nH]n2)c(F)cc1C(=O)O)c1ccc(F)cc1. The Kier molecular flexibility index (Phi) is 5.35. The number of benzene rings is 1. The van der Waals surface area contributed by atoms with Gasteiger partial charge in [-0.15, -0.1) is 0 Å². The number of hydrogen-bond acceptors (Lipinski definition) is 5. The number of carbonyl (C=O) groups is 1. The first-order valence-electron chi connectivity index (χ1n) is 9.22. The van der Waals surface area contributed by atoms with Gasteiger partial charge in [0.1, 0.15) is 20.7 Å². The van der Waals surface area contributed by atoms with Gasteiger partial charge in [-0.2, -0.15) is 5.10 Å². The van der Waals surface area contributed by atoms with Gasteiger partial charge in [0.25, 0.3) is 0 Å². The van der Waals surface area contributed by atoms with Crippen LogP contribution in [0.25, 0.3) is 0 Å². The molecule has 1 aliphatic rings. The zero-order valence-electron chi connectivity index (χ0n) is 15.8. The van der Waals surface area contributed by atoms with Crippen LogP contribution >= 0.6 is 22.6 Å². The average molecular weight is 525 g/mol. The van der Waals surface area contributed by atoms with Crippen LogP contribution in [0.15, 0.2) is 36.4 Å². The maximum atomic E-state index is 14.6. The van der Waals surface area contributed by atoms with Gasteiger partial charge in [-0.1, -0.05) is 12.1 Å². The summed E-state index contributed by atoms with van der Waals surface area (Å²) in [5.41, 5.74) is 1.35. The number of rotatable bonds is 7. The van der Waals surface area contributed by atoms with Crippen LogP contribution < -0.4 is 10.6 Å². The molecule has 0 spiro atoms. The van der Waals surface area contributed by atoms with Gasteiger partial charge in [-0.25, -0.2) is 18.6 Å². The van der Waals surface area contributed by atoms with E-state index in [1.807, 2.05) is 0 Å². The molecular weight excluding hydrogens is 507 g/mol. The van der Waals surface area contributed by atoms with Gasteiger partial charge in [-0.3, -0.25) is 5.10 Å². The molecule has 1 aromatic carbocycles. The van der Waals surface area contributed by atoms with Crippen LogP contribution in [0, 0.1) is 11.6 Å². The third-order valence-electron chi connectivity index (χ3n) is 4.81. The summed E-state index contributed by atoms with van der Waals surface area (Å²) in [5.74, 6) is -1.84. The van der Waals surface area contributed by atoms with Crippen molar-refractivity contribution in [3.05, 3.63) is 64.9 Å². The van der Waals surface area contributed by atoms with E-state index in [1.54, 1.807) is 25.1 Å². The van der Waals surface area contributed by atoms with E-state index in [4.69, 9.17) is 0 Å². The fourth-order valence-electron chi connectivity index (χ4n) is 3.02. The molecule has 4 N–H and O–H groups in total. The number of carboxylic acids is 1. The van der Waals surface area contributed by atoms with Crippen LogP contribution in [-0.2, 0) is 3.55 Å². The van der Waals surface area contributed by atoms with E-state index in [2.05, 4.69) is 48.4 Å². The summed E-state index contributed by atoms with van der Waals surface area (Å²) >= 11 is 2.06. The normalized spacial score (nSPS) is 15.5. The number of H-pyrrole nitrogens is 1. The molecule has 1 fully saturated rings. The molecule has 156 valence electrons. The molecular formula is C20H18F2IN5O2. The van der Waals surface area contributed by atoms with Gasteiger partial charge < -0.3 is 15.7 Å². The second-order valence-electron chi connectivity index (χ2n) is 7.26. The Labute approximate surface area is 184 Å². The van der Waals surface area contributed by atoms with E-state index >= 15 is 0 Å². The summed E-state index contributed by atoms with van der Waals surface area (Å²) < 4.78 is 27.0. The monoisotopic (exact) mass is 525 g/mol. The highest BCUT2D eigenvalue weighted by atomic mass is 127. The Morgan fingerprint density at radius 3 is 2.57 bits per heavy atom. The summed E-state index contributed by atoms with van der Waals surface area (Å²) in [6, 6.07) is 8.49. The van der Waals surface area contributed by atoms with Crippen molar-refractivity contribution in [2.75, 3.05) is 10.6 Å². The number of pyridine rings is 1. The maximum absolute atomic E-state index is 14.6. The van der Waals surface area contributed by atoms with Gasteiger partial charge in [0.2, 0.25) is 0 Å². The molecule has 0 bridgehead atoms. The van der Waals surface area contributed by atoms with Crippen molar-refractivity contribution < 1.29 is 18.7 Å². The first-order chi connectivity index (χ1) is 14.2. The Hall–Kier alpha value is -2.76. The van der Waals surface area contributed by atoms with Crippen molar-refractivity contribution in [2.45, 2.75) is 29.2 Å². The lowest BCUT2D eigenvalue weighted by Crippen LogP contribution is -2.26. The largest absolute Gasteiger partial charge is 0.478 e. The first-order valence-corrected chi connectivity index (χ1v) is 10.3. The molecule has 3 aromatic rings. The van der Waals surface area contributed by atoms with E-state index in [1.165, 1.54) is 12.1 Å². The average Bonchev–Trinajstić information content (AvgIpc) is 3.43. The van der Waals surface area contributed by atoms with Gasteiger partial charge in [-0.05, 0) is 66.1 Å². The summed E-state index contributed by atoms with van der Waals surface area (Å²) in [6.07, 6.45) is 2.18. The van der Waals surface area contributed by atoms with E-state index in [-0.39, 0.29) is 23.0 Å². The topological polar surface area (TPSA) is 103 Å². The smallest absolute Gasteiger partial charge is 0.339 e. The number of nitrogens with zero attached hydrogens (tertiary/aromatic N) is 2. The van der Waals surface area contributed by atoms with Crippen LogP contribution in [0.3, 0.4) is 0 Å². The highest BCUT2D eigenvalue weighted by molar-refractivity contribution is 14.1. The molecule has 10 heteroatoms. The Bertz CT molecular complexity index is 1100. The summed E-state index contributed by atoms with van der Waals surface area (Å²) in [7, 11) is 0. The highest BCUT2D eigenvalue weighted by Crippen LogP contribution is 2.40. The van der Waals surface area contributed by atoms with E-state index in [0.717, 1.165) is 24.6 Å². The number of aromatic carboxylic acids is 1. The molecule has 7 nitrogen and oxygen atoms in total. The molecule has 1 unspecified atom stereocenters. The highest BCUT2D eigenvalue weighted by Gasteiger charge is 2.28. The second-order valence-corrected chi connectivity index (χ2v) is 9.42. The van der Waals surface area contributed by atoms with Crippen molar-refractivity contribution in [3.8, 4) is 0 Å². The standard InChI is InChI=1S/C20H18F2IN5O2/c1-20(23,11-4-6-12(21)7-5-11)26-17-13(19(29)30)8-14(22)18(25-17)24-16-9-15(27-28-16)10-2-3-10/h4-10H,2-3H2,1H3,(H,29,30)(H3,24,25,26,27,28). The number of aromatic amines is 1. The molecule has 0 aliphatic heterocycles. The van der Waals surface area contributed by atoms with Crippen molar-refractivity contribution in [1.82, 2.24) is 15.2 Å². The van der Waals surface area contributed by atoms with Crippen molar-refractivity contribution in [3.63, 3.8) is 0 Å². The summed E-state index contributed by atoms with van der Waals surface area (Å²) in [5, 5.41) is 22.4. The fraction of sp³-hybridized carbons (Fsp3) is 0.250. The molecule has 2 heterocycles. The van der Waals surface area contributed by atoms with Gasteiger partial charge in [0, 0.05) is 17.7 Å². The number of anilines is 3. The molecule has 0 amide bonds. The third-order valence-corrected chi connectivity index (χ3v) is 5.70. The Morgan fingerprint density at radius 1 is 1.23 bits per heavy atom. The van der Waals surface area contributed by atoms with Crippen LogP contribution in [0.4, 0.5) is 26.2 Å². The zero-order valence-corrected chi connectivity index (χ0v) is 18.0. The summed E-state index contributed by atoms with van der Waals surface area (Å²) in [4.78, 5) is 15.8. The molecule has 1 atom stereocenters. The second kappa shape index (κ2) is 7.82. The molecule has 0 saturated heterocycles. The van der Waals surface area contributed by atoms with Crippen LogP contribution in [0.5, 0.6) is 0 Å². The minimum atomic E-state index is -1.32. The van der Waals surface area contributed by atoms with Gasteiger partial charge in [0.05, 0.1) is 0 Å². The number of nitrogens with one attached hydrogen (secondary N) is 3. The van der Waals surface area contributed by atoms with Crippen molar-refractivity contribution >= 4 is 46.0 Å². The first kappa shape index (κ1) is 20.5. The molecule has 1 aliphatic carbocycles. The van der Waals surface area contributed by atoms with Crippen LogP contribution in [0.1, 0.15) is 47.3 Å². The molecule has 2 aromatic heterocycles. The predicted octanol–water partition coefficient (Wildman–Crippen LogP) is 5.12. The lowest BCUT2D eigenvalue weighted by Gasteiger charge is -2.26. The van der Waals surface area contributed by atoms with E-state index in [0.29, 0.717) is 17.3 Å². The molecule has 30 heavy (non-hydrogen) atoms. The van der Waals surface area contributed by atoms with Crippen molar-refractivity contribution in [2.24, 2.45) is 0 Å². The van der Waals surface area contributed by atoms with Crippen molar-refractivity contribution in [1.29, 1.82) is 0 Å². The van der Waals surface area contributed by atoms with Gasteiger partial charge >= 0.3 is 5.97 Å². The summed E-state index contributed by atoms with van der Waals surface area (Å²) in [6.45, 7) is 1.78. The molecule has 0 radical (unpaired) electrons. The molecule has 1 saturated carbocycles. The Morgan fingerprint density at radius 2 is 1.93 bits per heavy atom. The van der Waals surface area contributed by atoms with Crippen LogP contribution in [0.2, 0.25) is 0 Å². The third kappa shape index (κ3) is 4.37. The lowest BCUT2D eigenvalue weighted by atomic mass is 10.1. The number of hydrogen-bond donors (Lipinski definition) is 4. The maximum Gasteiger partial charge on any atom is 0.339 e. The lowest BCUT2D eigenvalue weighted by molar-refractivity contribution is 0.0697. The fourth-order valence-corrected chi connectivity index (χ4v) is 3.63. The zero-order chi connectivity index (χ0) is 21.5. The number of halogens is 3. The van der Waals surface area contributed by atoms with Crippen LogP contribution in [-0.4, -0.2) is 26.3 Å². The minimum absolute atomic E-state index is 0.0226. The van der Waals surface area contributed by atoms with Gasteiger partial charge in [0.15, 0.2) is 17.5 Å². The quantitative estimate of drug-likeness (QED) is 0.194. The predicted molar refractivity (Wildman–Crippen MR) is 116 cm³/mol. The number of alkyl halides is 1. The van der Waals surface area contributed by atoms with E-state index < -0.39 is 15.3 Å². The molecule has 4 rings (SSSR count). The van der Waals surface area contributed by atoms with E-state index in [9.17, 15) is 18.7 Å². The minimum Gasteiger partial charge on any atom is -0.478 e. The Balaban J connectivity index is 1.65.